The summed E-state index contributed by atoms with van der Waals surface area (Å²) in [5.74, 6) is 0.875. The Morgan fingerprint density at radius 3 is 1.67 bits per heavy atom. The molecule has 0 aliphatic carbocycles. The predicted octanol–water partition coefficient (Wildman–Crippen LogP) is 13.5. The van der Waals surface area contributed by atoms with Crippen molar-refractivity contribution in [2.75, 3.05) is 9.34 Å². The lowest BCUT2D eigenvalue weighted by Gasteiger charge is -2.33. The molecule has 1 atom stereocenters. The summed E-state index contributed by atoms with van der Waals surface area (Å²) in [6, 6.07) is 73.0. The van der Waals surface area contributed by atoms with Gasteiger partial charge in [-0.05, 0) is 101 Å². The zero-order chi connectivity index (χ0) is 37.9. The fourth-order valence-corrected chi connectivity index (χ4v) is 11.6. The molecule has 10 aromatic rings. The Morgan fingerprint density at radius 1 is 0.404 bits per heavy atom. The van der Waals surface area contributed by atoms with Gasteiger partial charge >= 0.3 is 7.44 Å². The fourth-order valence-electron chi connectivity index (χ4n) is 8.55. The van der Waals surface area contributed by atoms with Crippen LogP contribution in [0.25, 0.3) is 60.8 Å². The molecule has 1 aliphatic heterocycles. The maximum absolute atomic E-state index is 16.1. The standard InChI is InChI=1S/C51H35N4OP/c56-57(41-23-11-4-12-24-41)54(39-19-7-2-8-20-39)49-32-30-38(34-50(49)55(57)40-21-9-3-10-22-40)37-29-31-48-45(33-37)43-26-14-16-28-47(43)53(48)51-35-44(36-17-5-1-6-18-36)42-25-13-15-27-46(42)52-51/h1-35H. The van der Waals surface area contributed by atoms with Gasteiger partial charge in [0.1, 0.15) is 5.82 Å². The molecule has 0 fully saturated rings. The van der Waals surface area contributed by atoms with Crippen molar-refractivity contribution in [2.45, 2.75) is 0 Å². The van der Waals surface area contributed by atoms with Crippen molar-refractivity contribution in [3.05, 3.63) is 212 Å². The maximum atomic E-state index is 16.1. The Morgan fingerprint density at radius 2 is 0.947 bits per heavy atom. The molecule has 0 amide bonds. The number of benzene rings is 8. The summed E-state index contributed by atoms with van der Waals surface area (Å²) >= 11 is 0. The summed E-state index contributed by atoms with van der Waals surface area (Å²) in [4.78, 5) is 5.26. The number of fused-ring (bicyclic) bond motifs is 5. The summed E-state index contributed by atoms with van der Waals surface area (Å²) in [5.41, 5.74) is 11.1. The summed E-state index contributed by atoms with van der Waals surface area (Å²) in [6.07, 6.45) is 0. The Labute approximate surface area is 330 Å². The van der Waals surface area contributed by atoms with Crippen LogP contribution >= 0.6 is 7.44 Å². The third kappa shape index (κ3) is 5.24. The molecule has 0 saturated heterocycles. The van der Waals surface area contributed by atoms with Crippen molar-refractivity contribution in [3.8, 4) is 28.1 Å². The fraction of sp³-hybridized carbons (Fsp3) is 0. The number of aromatic nitrogens is 2. The van der Waals surface area contributed by atoms with Gasteiger partial charge in [0.25, 0.3) is 0 Å². The summed E-state index contributed by atoms with van der Waals surface area (Å²) < 4.78 is 22.5. The first kappa shape index (κ1) is 33.2. The number of anilines is 4. The molecule has 8 aromatic carbocycles. The monoisotopic (exact) mass is 750 g/mol. The maximum Gasteiger partial charge on any atom is 0.301 e. The SMILES string of the molecule is O=P1(c2ccccc2)N(c2ccccc2)c2ccc(-c3ccc4c(c3)c3ccccc3n4-c3cc(-c4ccccc4)c4ccccc4n3)cc2N1c1ccccc1. The molecule has 6 heteroatoms. The minimum Gasteiger partial charge on any atom is -0.294 e. The molecule has 0 saturated carbocycles. The van der Waals surface area contributed by atoms with Crippen LogP contribution in [-0.4, -0.2) is 9.55 Å². The highest BCUT2D eigenvalue weighted by Crippen LogP contribution is 2.70. The molecule has 5 nitrogen and oxygen atoms in total. The van der Waals surface area contributed by atoms with Crippen LogP contribution in [0.1, 0.15) is 0 Å². The second kappa shape index (κ2) is 13.2. The van der Waals surface area contributed by atoms with Crippen molar-refractivity contribution in [3.63, 3.8) is 0 Å². The average Bonchev–Trinajstić information content (AvgIpc) is 3.76. The van der Waals surface area contributed by atoms with Gasteiger partial charge in [-0.2, -0.15) is 0 Å². The molecular weight excluding hydrogens is 716 g/mol. The molecular formula is C51H35N4OP. The van der Waals surface area contributed by atoms with Gasteiger partial charge in [0.15, 0.2) is 0 Å². The number of pyridine rings is 1. The number of hydrogen-bond donors (Lipinski definition) is 0. The molecule has 2 aromatic heterocycles. The van der Waals surface area contributed by atoms with Gasteiger partial charge in [-0.25, -0.2) is 4.98 Å². The normalized spacial score (nSPS) is 15.1. The minimum absolute atomic E-state index is 0.766. The lowest BCUT2D eigenvalue weighted by atomic mass is 10.0. The third-order valence-electron chi connectivity index (χ3n) is 11.1. The second-order valence-electron chi connectivity index (χ2n) is 14.4. The van der Waals surface area contributed by atoms with Crippen molar-refractivity contribution in [2.24, 2.45) is 0 Å². The van der Waals surface area contributed by atoms with E-state index in [0.29, 0.717) is 0 Å². The van der Waals surface area contributed by atoms with Crippen molar-refractivity contribution < 1.29 is 4.57 Å². The molecule has 0 radical (unpaired) electrons. The van der Waals surface area contributed by atoms with E-state index < -0.39 is 7.44 Å². The van der Waals surface area contributed by atoms with E-state index in [9.17, 15) is 0 Å². The quantitative estimate of drug-likeness (QED) is 0.159. The van der Waals surface area contributed by atoms with E-state index in [1.54, 1.807) is 0 Å². The molecule has 11 rings (SSSR count). The number of hydrogen-bond acceptors (Lipinski definition) is 2. The molecule has 270 valence electrons. The molecule has 0 N–H and O–H groups in total. The summed E-state index contributed by atoms with van der Waals surface area (Å²) in [7, 11) is -3.47. The Balaban J connectivity index is 1.11. The molecule has 57 heavy (non-hydrogen) atoms. The average molecular weight is 751 g/mol. The van der Waals surface area contributed by atoms with Crippen LogP contribution in [0.5, 0.6) is 0 Å². The predicted molar refractivity (Wildman–Crippen MR) is 238 cm³/mol. The van der Waals surface area contributed by atoms with E-state index in [0.717, 1.165) is 88.8 Å². The van der Waals surface area contributed by atoms with Crippen LogP contribution in [0.15, 0.2) is 212 Å². The number of rotatable bonds is 6. The summed E-state index contributed by atoms with van der Waals surface area (Å²) in [5, 5.41) is 4.18. The Bertz CT molecular complexity index is 3170. The highest BCUT2D eigenvalue weighted by atomic mass is 31.2. The van der Waals surface area contributed by atoms with E-state index in [1.165, 1.54) is 0 Å². The van der Waals surface area contributed by atoms with Gasteiger partial charge < -0.3 is 0 Å². The number of para-hydroxylation sites is 4. The molecule has 1 unspecified atom stereocenters. The summed E-state index contributed by atoms with van der Waals surface area (Å²) in [6.45, 7) is 0. The van der Waals surface area contributed by atoms with Crippen LogP contribution in [-0.2, 0) is 4.57 Å². The van der Waals surface area contributed by atoms with E-state index in [2.05, 4.69) is 131 Å². The van der Waals surface area contributed by atoms with Gasteiger partial charge in [-0.15, -0.1) is 0 Å². The molecule has 0 bridgehead atoms. The van der Waals surface area contributed by atoms with Gasteiger partial charge in [0, 0.05) is 27.5 Å². The second-order valence-corrected chi connectivity index (χ2v) is 16.8. The van der Waals surface area contributed by atoms with E-state index >= 15 is 4.57 Å². The van der Waals surface area contributed by atoms with Crippen molar-refractivity contribution in [1.29, 1.82) is 0 Å². The Kier molecular flexibility index (Phi) is 7.70. The first-order valence-corrected chi connectivity index (χ1v) is 20.8. The minimum atomic E-state index is -3.47. The van der Waals surface area contributed by atoms with E-state index in [-0.39, 0.29) is 0 Å². The lowest BCUT2D eigenvalue weighted by Crippen LogP contribution is -2.26. The molecule has 0 spiro atoms. The number of nitrogens with zero attached hydrogens (tertiary/aromatic N) is 4. The topological polar surface area (TPSA) is 41.4 Å². The van der Waals surface area contributed by atoms with E-state index in [1.807, 2.05) is 95.7 Å². The zero-order valence-corrected chi connectivity index (χ0v) is 31.7. The van der Waals surface area contributed by atoms with Gasteiger partial charge in [0.05, 0.1) is 33.2 Å². The first-order chi connectivity index (χ1) is 28.2. The van der Waals surface area contributed by atoms with Crippen LogP contribution in [0.3, 0.4) is 0 Å². The van der Waals surface area contributed by atoms with Crippen LogP contribution in [0.2, 0.25) is 0 Å². The van der Waals surface area contributed by atoms with Gasteiger partial charge in [-0.1, -0.05) is 133 Å². The highest BCUT2D eigenvalue weighted by molar-refractivity contribution is 7.76. The smallest absolute Gasteiger partial charge is 0.294 e. The van der Waals surface area contributed by atoms with Gasteiger partial charge in [0.2, 0.25) is 0 Å². The third-order valence-corrected chi connectivity index (χ3v) is 14.0. The molecule has 3 heterocycles. The largest absolute Gasteiger partial charge is 0.301 e. The Hall–Kier alpha value is -7.20. The first-order valence-electron chi connectivity index (χ1n) is 19.2. The van der Waals surface area contributed by atoms with Crippen molar-refractivity contribution in [1.82, 2.24) is 9.55 Å². The van der Waals surface area contributed by atoms with Crippen LogP contribution in [0.4, 0.5) is 22.7 Å². The van der Waals surface area contributed by atoms with Gasteiger partial charge in [-0.3, -0.25) is 18.5 Å². The van der Waals surface area contributed by atoms with Crippen LogP contribution in [0, 0.1) is 0 Å². The highest BCUT2D eigenvalue weighted by Gasteiger charge is 2.49. The zero-order valence-electron chi connectivity index (χ0n) is 30.9. The van der Waals surface area contributed by atoms with Crippen molar-refractivity contribution >= 4 is 68.2 Å². The lowest BCUT2D eigenvalue weighted by molar-refractivity contribution is 0.582. The van der Waals surface area contributed by atoms with Crippen LogP contribution < -0.4 is 14.6 Å². The van der Waals surface area contributed by atoms with E-state index in [4.69, 9.17) is 4.98 Å². The molecule has 1 aliphatic rings.